The number of nitrogens with zero attached hydrogens (tertiary/aromatic N) is 2. The van der Waals surface area contributed by atoms with Crippen LogP contribution in [0, 0.1) is 0 Å². The van der Waals surface area contributed by atoms with Gasteiger partial charge in [-0.25, -0.2) is 8.42 Å². The molecule has 1 fully saturated rings. The lowest BCUT2D eigenvalue weighted by atomic mass is 10.2. The second kappa shape index (κ2) is 8.14. The number of carbonyl (C=O) groups is 1. The van der Waals surface area contributed by atoms with Gasteiger partial charge in [-0.1, -0.05) is 23.2 Å². The number of benzene rings is 2. The fourth-order valence-electron chi connectivity index (χ4n) is 2.91. The van der Waals surface area contributed by atoms with Crippen molar-refractivity contribution in [1.29, 1.82) is 0 Å². The average Bonchev–Trinajstić information content (AvgIpc) is 2.69. The number of halogens is 5. The van der Waals surface area contributed by atoms with Crippen LogP contribution < -0.4 is 0 Å². The Bertz CT molecular complexity index is 1020. The van der Waals surface area contributed by atoms with E-state index in [0.717, 1.165) is 28.6 Å². The summed E-state index contributed by atoms with van der Waals surface area (Å²) in [5, 5.41) is 0.553. The quantitative estimate of drug-likeness (QED) is 0.682. The predicted molar refractivity (Wildman–Crippen MR) is 103 cm³/mol. The van der Waals surface area contributed by atoms with E-state index in [1.165, 1.54) is 23.1 Å². The normalized spacial score (nSPS) is 16.1. The summed E-state index contributed by atoms with van der Waals surface area (Å²) in [6, 6.07) is 7.81. The summed E-state index contributed by atoms with van der Waals surface area (Å²) in [6.07, 6.45) is -4.54. The first-order valence-corrected chi connectivity index (χ1v) is 10.6. The lowest BCUT2D eigenvalue weighted by Crippen LogP contribution is -2.50. The van der Waals surface area contributed by atoms with Crippen LogP contribution in [0.5, 0.6) is 0 Å². The zero-order valence-electron chi connectivity index (χ0n) is 14.8. The van der Waals surface area contributed by atoms with E-state index >= 15 is 0 Å². The molecule has 1 heterocycles. The molecule has 1 aliphatic heterocycles. The molecule has 1 aliphatic rings. The first kappa shape index (κ1) is 21.9. The van der Waals surface area contributed by atoms with Gasteiger partial charge >= 0.3 is 6.18 Å². The smallest absolute Gasteiger partial charge is 0.336 e. The Kier molecular flexibility index (Phi) is 6.14. The predicted octanol–water partition coefficient (Wildman–Crippen LogP) is 4.16. The molecule has 0 N–H and O–H groups in total. The van der Waals surface area contributed by atoms with Crippen LogP contribution >= 0.6 is 23.2 Å². The van der Waals surface area contributed by atoms with Crippen LogP contribution in [0.4, 0.5) is 13.2 Å². The second-order valence-corrected chi connectivity index (χ2v) is 9.10. The van der Waals surface area contributed by atoms with Crippen LogP contribution in [0.2, 0.25) is 10.0 Å². The standard InChI is InChI=1S/C18H15Cl2F3N2O3S/c19-15-6-1-12(11-16(15)20)17(26)24-7-9-25(10-8-24)29(27,28)14-4-2-13(3-5-14)18(21,22)23/h1-6,11H,7-10H2. The molecule has 2 aromatic carbocycles. The molecule has 156 valence electrons. The van der Waals surface area contributed by atoms with E-state index in [1.54, 1.807) is 0 Å². The fourth-order valence-corrected chi connectivity index (χ4v) is 4.63. The molecule has 11 heteroatoms. The van der Waals surface area contributed by atoms with Crippen LogP contribution in [0.3, 0.4) is 0 Å². The number of amides is 1. The van der Waals surface area contributed by atoms with Gasteiger partial charge in [0.05, 0.1) is 20.5 Å². The summed E-state index contributed by atoms with van der Waals surface area (Å²) in [6.45, 7) is 0.324. The molecule has 0 aromatic heterocycles. The number of carbonyl (C=O) groups excluding carboxylic acids is 1. The molecule has 0 radical (unpaired) electrons. The summed E-state index contributed by atoms with van der Waals surface area (Å²) < 4.78 is 64.5. The second-order valence-electron chi connectivity index (χ2n) is 6.35. The largest absolute Gasteiger partial charge is 0.416 e. The SMILES string of the molecule is O=C(c1ccc(Cl)c(Cl)c1)N1CCN(S(=O)(=O)c2ccc(C(F)(F)F)cc2)CC1. The fraction of sp³-hybridized carbons (Fsp3) is 0.278. The molecule has 0 saturated carbocycles. The molecular weight excluding hydrogens is 452 g/mol. The molecule has 5 nitrogen and oxygen atoms in total. The topological polar surface area (TPSA) is 57.7 Å². The number of alkyl halides is 3. The third kappa shape index (κ3) is 4.69. The Morgan fingerprint density at radius 1 is 0.897 bits per heavy atom. The highest BCUT2D eigenvalue weighted by Crippen LogP contribution is 2.30. The summed E-state index contributed by atoms with van der Waals surface area (Å²) in [5.41, 5.74) is -0.591. The van der Waals surface area contributed by atoms with Gasteiger partial charge in [0.2, 0.25) is 10.0 Å². The van der Waals surface area contributed by atoms with Gasteiger partial charge in [0.15, 0.2) is 0 Å². The van der Waals surface area contributed by atoms with Gasteiger partial charge in [0, 0.05) is 31.7 Å². The lowest BCUT2D eigenvalue weighted by molar-refractivity contribution is -0.137. The first-order valence-electron chi connectivity index (χ1n) is 8.42. The molecule has 1 amide bonds. The van der Waals surface area contributed by atoms with Gasteiger partial charge < -0.3 is 4.90 Å². The number of hydrogen-bond acceptors (Lipinski definition) is 3. The van der Waals surface area contributed by atoms with Gasteiger partial charge in [-0.2, -0.15) is 17.5 Å². The maximum absolute atomic E-state index is 12.7. The number of hydrogen-bond donors (Lipinski definition) is 0. The molecule has 0 bridgehead atoms. The number of piperazine rings is 1. The lowest BCUT2D eigenvalue weighted by Gasteiger charge is -2.34. The third-order valence-corrected chi connectivity index (χ3v) is 7.16. The minimum absolute atomic E-state index is 0.0242. The average molecular weight is 467 g/mol. The van der Waals surface area contributed by atoms with Crippen LogP contribution in [0.25, 0.3) is 0 Å². The Balaban J connectivity index is 1.69. The monoisotopic (exact) mass is 466 g/mol. The Morgan fingerprint density at radius 3 is 2.00 bits per heavy atom. The molecule has 3 rings (SSSR count). The van der Waals surface area contributed by atoms with Gasteiger partial charge in [-0.3, -0.25) is 4.79 Å². The van der Waals surface area contributed by atoms with Gasteiger partial charge in [0.25, 0.3) is 5.91 Å². The van der Waals surface area contributed by atoms with Crippen LogP contribution in [0.1, 0.15) is 15.9 Å². The van der Waals surface area contributed by atoms with Crippen LogP contribution in [0.15, 0.2) is 47.4 Å². The van der Waals surface area contributed by atoms with Crippen molar-refractivity contribution in [1.82, 2.24) is 9.21 Å². The number of sulfonamides is 1. The van der Waals surface area contributed by atoms with Crippen molar-refractivity contribution in [2.45, 2.75) is 11.1 Å². The first-order chi connectivity index (χ1) is 13.5. The Labute approximate surface area is 175 Å². The number of rotatable bonds is 3. The Hall–Kier alpha value is -1.81. The van der Waals surface area contributed by atoms with Crippen molar-refractivity contribution >= 4 is 39.1 Å². The van der Waals surface area contributed by atoms with Crippen molar-refractivity contribution < 1.29 is 26.4 Å². The summed E-state index contributed by atoms with van der Waals surface area (Å²) in [7, 11) is -3.96. The Morgan fingerprint density at radius 2 is 1.48 bits per heavy atom. The molecule has 0 atom stereocenters. The highest BCUT2D eigenvalue weighted by atomic mass is 35.5. The minimum Gasteiger partial charge on any atom is -0.336 e. The van der Waals surface area contributed by atoms with E-state index in [2.05, 4.69) is 0 Å². The summed E-state index contributed by atoms with van der Waals surface area (Å²) in [5.74, 6) is -0.310. The molecule has 0 spiro atoms. The molecule has 29 heavy (non-hydrogen) atoms. The van der Waals surface area contributed by atoms with E-state index in [9.17, 15) is 26.4 Å². The van der Waals surface area contributed by atoms with E-state index in [4.69, 9.17) is 23.2 Å². The van der Waals surface area contributed by atoms with Crippen molar-refractivity contribution in [3.05, 3.63) is 63.6 Å². The molecule has 2 aromatic rings. The zero-order chi connectivity index (χ0) is 21.4. The van der Waals surface area contributed by atoms with E-state index < -0.39 is 21.8 Å². The minimum atomic E-state index is -4.54. The third-order valence-electron chi connectivity index (χ3n) is 4.51. The van der Waals surface area contributed by atoms with Crippen LogP contribution in [-0.2, 0) is 16.2 Å². The summed E-state index contributed by atoms with van der Waals surface area (Å²) in [4.78, 5) is 13.8. The summed E-state index contributed by atoms with van der Waals surface area (Å²) >= 11 is 11.8. The van der Waals surface area contributed by atoms with Gasteiger partial charge in [-0.05, 0) is 42.5 Å². The van der Waals surface area contributed by atoms with E-state index in [0.29, 0.717) is 10.6 Å². The van der Waals surface area contributed by atoms with Crippen molar-refractivity contribution in [2.24, 2.45) is 0 Å². The van der Waals surface area contributed by atoms with Crippen molar-refractivity contribution in [2.75, 3.05) is 26.2 Å². The molecule has 0 aliphatic carbocycles. The highest BCUT2D eigenvalue weighted by molar-refractivity contribution is 7.89. The zero-order valence-corrected chi connectivity index (χ0v) is 17.1. The molecular formula is C18H15Cl2F3N2O3S. The highest BCUT2D eigenvalue weighted by Gasteiger charge is 2.33. The van der Waals surface area contributed by atoms with Crippen LogP contribution in [-0.4, -0.2) is 49.7 Å². The molecule has 1 saturated heterocycles. The van der Waals surface area contributed by atoms with Gasteiger partial charge in [-0.15, -0.1) is 0 Å². The van der Waals surface area contributed by atoms with Crippen molar-refractivity contribution in [3.8, 4) is 0 Å². The maximum atomic E-state index is 12.7. The van der Waals surface area contributed by atoms with E-state index in [1.807, 2.05) is 0 Å². The van der Waals surface area contributed by atoms with E-state index in [-0.39, 0.29) is 42.0 Å². The van der Waals surface area contributed by atoms with Crippen molar-refractivity contribution in [3.63, 3.8) is 0 Å². The van der Waals surface area contributed by atoms with Gasteiger partial charge in [0.1, 0.15) is 0 Å². The maximum Gasteiger partial charge on any atom is 0.416 e. The molecule has 0 unspecified atom stereocenters.